The molecular formula is C27H35N4O3S2+. The summed E-state index contributed by atoms with van der Waals surface area (Å²) in [5.74, 6) is 0.586. The Morgan fingerprint density at radius 2 is 1.72 bits per heavy atom. The summed E-state index contributed by atoms with van der Waals surface area (Å²) < 4.78 is 35.8. The van der Waals surface area contributed by atoms with Crippen LogP contribution in [-0.4, -0.2) is 63.2 Å². The topological polar surface area (TPSA) is 68.3 Å². The highest BCUT2D eigenvalue weighted by atomic mass is 32.2. The van der Waals surface area contributed by atoms with Crippen molar-refractivity contribution >= 4 is 27.0 Å². The van der Waals surface area contributed by atoms with Crippen molar-refractivity contribution < 1.29 is 18.1 Å². The van der Waals surface area contributed by atoms with E-state index in [9.17, 15) is 8.42 Å². The number of quaternary nitrogens is 1. The smallest absolute Gasteiger partial charge is 0.243 e. The van der Waals surface area contributed by atoms with Crippen LogP contribution in [0.4, 0.5) is 5.69 Å². The molecule has 0 spiro atoms. The van der Waals surface area contributed by atoms with E-state index in [1.807, 2.05) is 42.5 Å². The zero-order valence-electron chi connectivity index (χ0n) is 20.8. The maximum absolute atomic E-state index is 13.2. The van der Waals surface area contributed by atoms with Crippen LogP contribution in [-0.2, 0) is 21.3 Å². The van der Waals surface area contributed by atoms with Gasteiger partial charge >= 0.3 is 0 Å². The van der Waals surface area contributed by atoms with Gasteiger partial charge in [-0.05, 0) is 48.6 Å². The molecule has 9 heteroatoms. The Hall–Kier alpha value is -2.30. The Morgan fingerprint density at radius 1 is 1.03 bits per heavy atom. The van der Waals surface area contributed by atoms with Crippen molar-refractivity contribution in [2.24, 2.45) is 10.9 Å². The number of hydrogen-bond acceptors (Lipinski definition) is 5. The van der Waals surface area contributed by atoms with Crippen molar-refractivity contribution in [2.75, 3.05) is 45.9 Å². The van der Waals surface area contributed by atoms with Gasteiger partial charge in [0.2, 0.25) is 10.0 Å². The molecule has 0 saturated carbocycles. The molecule has 3 aromatic rings. The quantitative estimate of drug-likeness (QED) is 0.514. The van der Waals surface area contributed by atoms with E-state index in [0.29, 0.717) is 23.9 Å². The predicted octanol–water partition coefficient (Wildman–Crippen LogP) is 2.78. The fourth-order valence-electron chi connectivity index (χ4n) is 4.83. The van der Waals surface area contributed by atoms with Crippen molar-refractivity contribution in [3.05, 3.63) is 64.8 Å². The van der Waals surface area contributed by atoms with Crippen LogP contribution in [0.2, 0.25) is 0 Å². The minimum Gasteiger partial charge on any atom is -0.370 e. The van der Waals surface area contributed by atoms with E-state index in [4.69, 9.17) is 9.73 Å². The predicted molar refractivity (Wildman–Crippen MR) is 143 cm³/mol. The van der Waals surface area contributed by atoms with Gasteiger partial charge in [0.05, 0.1) is 42.6 Å². The number of piperidine rings is 1. The van der Waals surface area contributed by atoms with Crippen molar-refractivity contribution in [1.82, 2.24) is 8.87 Å². The second-order valence-corrected chi connectivity index (χ2v) is 12.5. The number of sulfonamides is 1. The van der Waals surface area contributed by atoms with Crippen LogP contribution in [0.15, 0.2) is 69.9 Å². The third kappa shape index (κ3) is 5.81. The second-order valence-electron chi connectivity index (χ2n) is 9.73. The first-order valence-electron chi connectivity index (χ1n) is 12.8. The van der Waals surface area contributed by atoms with E-state index in [2.05, 4.69) is 16.9 Å². The van der Waals surface area contributed by atoms with Crippen LogP contribution >= 0.6 is 11.3 Å². The number of benzene rings is 2. The van der Waals surface area contributed by atoms with E-state index in [-0.39, 0.29) is 0 Å². The van der Waals surface area contributed by atoms with Crippen LogP contribution in [0.1, 0.15) is 19.8 Å². The standard InChI is InChI=1S/C27H34N4O3S2/c1-22-11-13-30(14-12-22)36(32,33)25-9-7-23(8-10-25)26-21-35-27(28-24-5-3-2-4-6-24)31(26)16-15-29-17-19-34-20-18-29/h2-10,21-22H,11-20H2,1H3/p+1. The highest BCUT2D eigenvalue weighted by molar-refractivity contribution is 7.89. The Balaban J connectivity index is 1.43. The number of ether oxygens (including phenoxy) is 1. The molecule has 0 unspecified atom stereocenters. The summed E-state index contributed by atoms with van der Waals surface area (Å²) in [6.45, 7) is 8.88. The lowest BCUT2D eigenvalue weighted by molar-refractivity contribution is -0.908. The highest BCUT2D eigenvalue weighted by Gasteiger charge is 2.28. The minimum atomic E-state index is -3.46. The van der Waals surface area contributed by atoms with Crippen molar-refractivity contribution in [3.8, 4) is 11.3 Å². The average Bonchev–Trinajstić information content (AvgIpc) is 3.31. The first-order chi connectivity index (χ1) is 17.5. The summed E-state index contributed by atoms with van der Waals surface area (Å²) in [4.78, 5) is 7.77. The zero-order valence-corrected chi connectivity index (χ0v) is 22.4. The number of morpholine rings is 1. The maximum atomic E-state index is 13.2. The van der Waals surface area contributed by atoms with Gasteiger partial charge in [-0.15, -0.1) is 11.3 Å². The molecule has 5 rings (SSSR count). The molecule has 7 nitrogen and oxygen atoms in total. The summed E-state index contributed by atoms with van der Waals surface area (Å²) >= 11 is 1.62. The van der Waals surface area contributed by atoms with E-state index < -0.39 is 10.0 Å². The molecule has 192 valence electrons. The lowest BCUT2D eigenvalue weighted by Gasteiger charge is -2.29. The number of nitrogens with one attached hydrogen (secondary N) is 1. The van der Waals surface area contributed by atoms with Gasteiger partial charge in [0.15, 0.2) is 4.80 Å². The minimum absolute atomic E-state index is 0.370. The molecule has 2 fully saturated rings. The van der Waals surface area contributed by atoms with Gasteiger partial charge < -0.3 is 14.2 Å². The SMILES string of the molecule is CC1CCN(S(=O)(=O)c2ccc(-c3csc(=Nc4ccccc4)n3CC[NH+]3CCOCC3)cc2)CC1. The zero-order chi connectivity index (χ0) is 25.0. The number of aromatic nitrogens is 1. The van der Waals surface area contributed by atoms with Crippen LogP contribution in [0.25, 0.3) is 11.3 Å². The molecule has 2 aliphatic rings. The third-order valence-electron chi connectivity index (χ3n) is 7.20. The monoisotopic (exact) mass is 527 g/mol. The molecule has 0 aliphatic carbocycles. The van der Waals surface area contributed by atoms with E-state index in [0.717, 1.165) is 74.0 Å². The molecule has 0 radical (unpaired) electrons. The van der Waals surface area contributed by atoms with Crippen LogP contribution in [0.3, 0.4) is 0 Å². The van der Waals surface area contributed by atoms with Gasteiger partial charge in [-0.1, -0.05) is 37.3 Å². The van der Waals surface area contributed by atoms with Gasteiger partial charge in [0.25, 0.3) is 0 Å². The molecule has 0 bridgehead atoms. The summed E-state index contributed by atoms with van der Waals surface area (Å²) in [6, 6.07) is 17.4. The van der Waals surface area contributed by atoms with Crippen molar-refractivity contribution in [3.63, 3.8) is 0 Å². The molecule has 2 aliphatic heterocycles. The molecular weight excluding hydrogens is 492 g/mol. The third-order valence-corrected chi connectivity index (χ3v) is 9.97. The lowest BCUT2D eigenvalue weighted by atomic mass is 10.0. The first kappa shape index (κ1) is 25.4. The van der Waals surface area contributed by atoms with Gasteiger partial charge in [-0.25, -0.2) is 13.4 Å². The molecule has 36 heavy (non-hydrogen) atoms. The van der Waals surface area contributed by atoms with Gasteiger partial charge in [-0.2, -0.15) is 4.31 Å². The maximum Gasteiger partial charge on any atom is 0.243 e. The van der Waals surface area contributed by atoms with Crippen molar-refractivity contribution in [1.29, 1.82) is 0 Å². The van der Waals surface area contributed by atoms with Gasteiger partial charge in [-0.3, -0.25) is 0 Å². The largest absolute Gasteiger partial charge is 0.370 e. The summed E-state index contributed by atoms with van der Waals surface area (Å²) in [5.41, 5.74) is 3.00. The molecule has 0 atom stereocenters. The average molecular weight is 528 g/mol. The van der Waals surface area contributed by atoms with Gasteiger partial charge in [0.1, 0.15) is 13.1 Å². The van der Waals surface area contributed by atoms with E-state index in [1.54, 1.807) is 27.8 Å². The molecule has 2 aromatic carbocycles. The van der Waals surface area contributed by atoms with Crippen LogP contribution in [0.5, 0.6) is 0 Å². The highest BCUT2D eigenvalue weighted by Crippen LogP contribution is 2.26. The van der Waals surface area contributed by atoms with E-state index >= 15 is 0 Å². The van der Waals surface area contributed by atoms with E-state index in [1.165, 1.54) is 4.90 Å². The Kier molecular flexibility index (Phi) is 8.03. The number of nitrogens with zero attached hydrogens (tertiary/aromatic N) is 3. The first-order valence-corrected chi connectivity index (χ1v) is 15.1. The number of thiazole rings is 1. The Morgan fingerprint density at radius 3 is 2.42 bits per heavy atom. The number of hydrogen-bond donors (Lipinski definition) is 1. The normalized spacial score (nSPS) is 19.1. The molecule has 3 heterocycles. The molecule has 2 saturated heterocycles. The fourth-order valence-corrected chi connectivity index (χ4v) is 7.26. The molecule has 0 amide bonds. The van der Waals surface area contributed by atoms with Crippen LogP contribution < -0.4 is 9.70 Å². The number of para-hydroxylation sites is 1. The van der Waals surface area contributed by atoms with Crippen LogP contribution in [0, 0.1) is 5.92 Å². The second kappa shape index (κ2) is 11.4. The number of rotatable bonds is 7. The summed E-state index contributed by atoms with van der Waals surface area (Å²) in [6.07, 6.45) is 1.84. The Labute approximate surface area is 217 Å². The molecule has 1 N–H and O–H groups in total. The summed E-state index contributed by atoms with van der Waals surface area (Å²) in [7, 11) is -3.46. The lowest BCUT2D eigenvalue weighted by Crippen LogP contribution is -3.14. The summed E-state index contributed by atoms with van der Waals surface area (Å²) in [5, 5.41) is 2.13. The van der Waals surface area contributed by atoms with Crippen molar-refractivity contribution in [2.45, 2.75) is 31.2 Å². The van der Waals surface area contributed by atoms with Gasteiger partial charge in [0, 0.05) is 18.5 Å². The fraction of sp³-hybridized carbons (Fsp3) is 0.444. The molecule has 1 aromatic heterocycles. The Bertz CT molecular complexity index is 1300.